The van der Waals surface area contributed by atoms with Crippen molar-refractivity contribution in [1.29, 1.82) is 0 Å². The van der Waals surface area contributed by atoms with Crippen LogP contribution in [0.4, 0.5) is 0 Å². The van der Waals surface area contributed by atoms with Crippen LogP contribution < -0.4 is 5.73 Å². The van der Waals surface area contributed by atoms with E-state index in [1.807, 2.05) is 6.92 Å². The van der Waals surface area contributed by atoms with E-state index in [-0.39, 0.29) is 6.04 Å². The van der Waals surface area contributed by atoms with Gasteiger partial charge >= 0.3 is 0 Å². The summed E-state index contributed by atoms with van der Waals surface area (Å²) in [5.74, 6) is 1.22. The summed E-state index contributed by atoms with van der Waals surface area (Å²) in [6.07, 6.45) is 0. The number of methoxy groups -OCH3 is 1. The van der Waals surface area contributed by atoms with Gasteiger partial charge in [-0.15, -0.1) is 0 Å². The molecule has 0 aromatic rings. The van der Waals surface area contributed by atoms with Crippen LogP contribution >= 0.6 is 0 Å². The first-order valence-electron chi connectivity index (χ1n) is 3.30. The summed E-state index contributed by atoms with van der Waals surface area (Å²) < 4.78 is 15.7. The molecule has 0 saturated carbocycles. The highest BCUT2D eigenvalue weighted by atomic mass is 32.2. The summed E-state index contributed by atoms with van der Waals surface area (Å²) in [7, 11) is 0.828. The molecule has 3 nitrogen and oxygen atoms in total. The third-order valence-electron chi connectivity index (χ3n) is 1.10. The van der Waals surface area contributed by atoms with Crippen LogP contribution in [0.3, 0.4) is 0 Å². The molecule has 2 N–H and O–H groups in total. The van der Waals surface area contributed by atoms with Crippen molar-refractivity contribution in [2.75, 3.05) is 25.2 Å². The van der Waals surface area contributed by atoms with E-state index in [1.54, 1.807) is 7.11 Å². The van der Waals surface area contributed by atoms with Gasteiger partial charge in [0, 0.05) is 35.5 Å². The second-order valence-electron chi connectivity index (χ2n) is 2.11. The lowest BCUT2D eigenvalue weighted by atomic mass is 10.4. The van der Waals surface area contributed by atoms with E-state index >= 15 is 0 Å². The zero-order valence-corrected chi connectivity index (χ0v) is 7.32. The lowest BCUT2D eigenvalue weighted by Crippen LogP contribution is -2.32. The SMILES string of the molecule is CCS(=O)CC(N)COC. The van der Waals surface area contributed by atoms with Crippen molar-refractivity contribution in [2.45, 2.75) is 13.0 Å². The molecule has 0 aliphatic carbocycles. The number of rotatable bonds is 5. The van der Waals surface area contributed by atoms with Crippen molar-refractivity contribution >= 4 is 10.8 Å². The zero-order chi connectivity index (χ0) is 7.98. The third kappa shape index (κ3) is 4.90. The zero-order valence-electron chi connectivity index (χ0n) is 6.50. The average molecular weight is 165 g/mol. The fourth-order valence-electron chi connectivity index (χ4n) is 0.619. The van der Waals surface area contributed by atoms with Gasteiger partial charge in [-0.3, -0.25) is 4.21 Å². The maximum Gasteiger partial charge on any atom is 0.0622 e. The van der Waals surface area contributed by atoms with Crippen LogP contribution in [0.25, 0.3) is 0 Å². The summed E-state index contributed by atoms with van der Waals surface area (Å²) in [6, 6.07) is -0.0780. The third-order valence-corrected chi connectivity index (χ3v) is 2.55. The van der Waals surface area contributed by atoms with Crippen molar-refractivity contribution in [2.24, 2.45) is 5.73 Å². The molecular formula is C6H15NO2S. The molecule has 0 aromatic carbocycles. The topological polar surface area (TPSA) is 52.3 Å². The van der Waals surface area contributed by atoms with E-state index < -0.39 is 10.8 Å². The van der Waals surface area contributed by atoms with Gasteiger partial charge in [0.05, 0.1) is 6.61 Å². The highest BCUT2D eigenvalue weighted by molar-refractivity contribution is 7.84. The second kappa shape index (κ2) is 5.82. The molecule has 0 amide bonds. The monoisotopic (exact) mass is 165 g/mol. The first-order valence-corrected chi connectivity index (χ1v) is 4.79. The molecule has 0 saturated heterocycles. The first kappa shape index (κ1) is 10.1. The minimum atomic E-state index is -0.764. The van der Waals surface area contributed by atoms with Crippen LogP contribution in [-0.2, 0) is 15.5 Å². The lowest BCUT2D eigenvalue weighted by Gasteiger charge is -2.07. The highest BCUT2D eigenvalue weighted by Crippen LogP contribution is 1.86. The summed E-state index contributed by atoms with van der Waals surface area (Å²) >= 11 is 0. The Morgan fingerprint density at radius 2 is 2.30 bits per heavy atom. The molecule has 0 radical (unpaired) electrons. The number of nitrogens with two attached hydrogens (primary N) is 1. The van der Waals surface area contributed by atoms with E-state index in [0.29, 0.717) is 18.1 Å². The fraction of sp³-hybridized carbons (Fsp3) is 1.00. The van der Waals surface area contributed by atoms with Gasteiger partial charge in [0.15, 0.2) is 0 Å². The number of ether oxygens (including phenoxy) is 1. The molecule has 0 bridgehead atoms. The predicted molar refractivity (Wildman–Crippen MR) is 43.4 cm³/mol. The highest BCUT2D eigenvalue weighted by Gasteiger charge is 2.04. The molecule has 0 aliphatic rings. The molecule has 0 aromatic heterocycles. The van der Waals surface area contributed by atoms with Gasteiger partial charge in [-0.2, -0.15) is 0 Å². The van der Waals surface area contributed by atoms with Gasteiger partial charge in [0.25, 0.3) is 0 Å². The molecule has 0 spiro atoms. The van der Waals surface area contributed by atoms with E-state index in [1.165, 1.54) is 0 Å². The van der Waals surface area contributed by atoms with Gasteiger partial charge in [-0.05, 0) is 0 Å². The Balaban J connectivity index is 3.37. The normalized spacial score (nSPS) is 16.7. The average Bonchev–Trinajstić information content (AvgIpc) is 1.88. The maximum atomic E-state index is 10.9. The smallest absolute Gasteiger partial charge is 0.0622 e. The van der Waals surface area contributed by atoms with Crippen LogP contribution in [0.15, 0.2) is 0 Å². The molecule has 0 aliphatic heterocycles. The van der Waals surface area contributed by atoms with Gasteiger partial charge < -0.3 is 10.5 Å². The minimum Gasteiger partial charge on any atom is -0.383 e. The van der Waals surface area contributed by atoms with Gasteiger partial charge in [0.2, 0.25) is 0 Å². The summed E-state index contributed by atoms with van der Waals surface area (Å²) in [5.41, 5.74) is 5.54. The predicted octanol–water partition coefficient (Wildman–Crippen LogP) is -0.271. The van der Waals surface area contributed by atoms with Crippen molar-refractivity contribution in [3.8, 4) is 0 Å². The summed E-state index contributed by atoms with van der Waals surface area (Å²) in [4.78, 5) is 0. The Morgan fingerprint density at radius 3 is 2.70 bits per heavy atom. The summed E-state index contributed by atoms with van der Waals surface area (Å²) in [6.45, 7) is 2.38. The quantitative estimate of drug-likeness (QED) is 0.610. The van der Waals surface area contributed by atoms with Crippen LogP contribution in [0.5, 0.6) is 0 Å². The van der Waals surface area contributed by atoms with Crippen molar-refractivity contribution in [1.82, 2.24) is 0 Å². The molecule has 10 heavy (non-hydrogen) atoms. The van der Waals surface area contributed by atoms with Gasteiger partial charge in [-0.1, -0.05) is 6.92 Å². The van der Waals surface area contributed by atoms with Crippen LogP contribution in [0, 0.1) is 0 Å². The first-order chi connectivity index (χ1) is 4.70. The van der Waals surface area contributed by atoms with Crippen LogP contribution in [0.1, 0.15) is 6.92 Å². The Bertz CT molecular complexity index is 108. The van der Waals surface area contributed by atoms with Gasteiger partial charge in [0.1, 0.15) is 0 Å². The minimum absolute atomic E-state index is 0.0780. The van der Waals surface area contributed by atoms with Crippen LogP contribution in [-0.4, -0.2) is 35.5 Å². The standard InChI is InChI=1S/C6H15NO2S/c1-3-10(8)5-6(7)4-9-2/h6H,3-5,7H2,1-2H3. The molecule has 0 rings (SSSR count). The molecule has 4 heteroatoms. The van der Waals surface area contributed by atoms with E-state index in [2.05, 4.69) is 0 Å². The number of hydrogen-bond donors (Lipinski definition) is 1. The molecule has 2 atom stereocenters. The van der Waals surface area contributed by atoms with Crippen molar-refractivity contribution in [3.63, 3.8) is 0 Å². The van der Waals surface area contributed by atoms with Crippen LogP contribution in [0.2, 0.25) is 0 Å². The van der Waals surface area contributed by atoms with E-state index in [0.717, 1.165) is 0 Å². The van der Waals surface area contributed by atoms with Crippen molar-refractivity contribution in [3.05, 3.63) is 0 Å². The van der Waals surface area contributed by atoms with Gasteiger partial charge in [-0.25, -0.2) is 0 Å². The Kier molecular flexibility index (Phi) is 5.87. The molecule has 0 heterocycles. The summed E-state index contributed by atoms with van der Waals surface area (Å²) in [5, 5.41) is 0. The largest absolute Gasteiger partial charge is 0.383 e. The van der Waals surface area contributed by atoms with E-state index in [4.69, 9.17) is 10.5 Å². The Hall–Kier alpha value is 0.0700. The second-order valence-corrected chi connectivity index (χ2v) is 3.90. The lowest BCUT2D eigenvalue weighted by molar-refractivity contribution is 0.186. The molecular weight excluding hydrogens is 150 g/mol. The Labute approximate surface area is 64.4 Å². The fourth-order valence-corrected chi connectivity index (χ4v) is 1.43. The van der Waals surface area contributed by atoms with Crippen molar-refractivity contribution < 1.29 is 8.95 Å². The molecule has 62 valence electrons. The molecule has 0 fully saturated rings. The Morgan fingerprint density at radius 1 is 1.70 bits per heavy atom. The molecule has 2 unspecified atom stereocenters. The van der Waals surface area contributed by atoms with E-state index in [9.17, 15) is 4.21 Å². The number of hydrogen-bond acceptors (Lipinski definition) is 3. The maximum absolute atomic E-state index is 10.9.